The lowest BCUT2D eigenvalue weighted by molar-refractivity contribution is -0.0476. The van der Waals surface area contributed by atoms with E-state index in [-0.39, 0.29) is 24.6 Å². The van der Waals surface area contributed by atoms with Crippen molar-refractivity contribution in [3.63, 3.8) is 0 Å². The maximum absolute atomic E-state index is 11.9. The Hall–Kier alpha value is -1.39. The summed E-state index contributed by atoms with van der Waals surface area (Å²) in [6, 6.07) is 8.24. The van der Waals surface area contributed by atoms with Crippen molar-refractivity contribution in [2.24, 2.45) is 5.92 Å². The Morgan fingerprint density at radius 2 is 1.85 bits per heavy atom. The van der Waals surface area contributed by atoms with Crippen molar-refractivity contribution in [1.29, 1.82) is 0 Å². The van der Waals surface area contributed by atoms with E-state index in [1.165, 1.54) is 10.6 Å². The third kappa shape index (κ3) is 5.32. The number of nitrogens with zero attached hydrogens (tertiary/aromatic N) is 2. The normalized spacial score (nSPS) is 23.2. The molecule has 1 heterocycles. The van der Waals surface area contributed by atoms with Crippen LogP contribution in [-0.4, -0.2) is 67.8 Å². The van der Waals surface area contributed by atoms with Gasteiger partial charge in [-0.25, -0.2) is 12.7 Å². The zero-order valence-corrected chi connectivity index (χ0v) is 17.8. The van der Waals surface area contributed by atoms with E-state index in [2.05, 4.69) is 49.6 Å². The second-order valence-electron chi connectivity index (χ2n) is 7.67. The summed E-state index contributed by atoms with van der Waals surface area (Å²) in [6.45, 7) is 7.57. The van der Waals surface area contributed by atoms with Crippen LogP contribution in [0.25, 0.3) is 0 Å². The number of rotatable bonds is 7. The van der Waals surface area contributed by atoms with Gasteiger partial charge in [-0.05, 0) is 30.7 Å². The first-order valence-electron chi connectivity index (χ1n) is 9.58. The fourth-order valence-electron chi connectivity index (χ4n) is 3.70. The van der Waals surface area contributed by atoms with Crippen LogP contribution in [0.2, 0.25) is 0 Å². The summed E-state index contributed by atoms with van der Waals surface area (Å²) in [5, 5.41) is 9.93. The van der Waals surface area contributed by atoms with E-state index in [1.807, 2.05) is 12.1 Å². The van der Waals surface area contributed by atoms with E-state index in [1.54, 1.807) is 7.05 Å². The molecule has 27 heavy (non-hydrogen) atoms. The van der Waals surface area contributed by atoms with Gasteiger partial charge in [0.05, 0.1) is 12.9 Å². The van der Waals surface area contributed by atoms with Crippen LogP contribution in [0, 0.1) is 17.8 Å². The average Bonchev–Trinajstić information content (AvgIpc) is 2.60. The molecule has 0 amide bonds. The second-order valence-corrected chi connectivity index (χ2v) is 9.76. The molecular formula is C21H32N2O3S. The van der Waals surface area contributed by atoms with Gasteiger partial charge in [0.2, 0.25) is 10.0 Å². The molecule has 0 spiro atoms. The Kier molecular flexibility index (Phi) is 7.47. The quantitative estimate of drug-likeness (QED) is 0.722. The molecule has 6 heteroatoms. The Bertz CT molecular complexity index is 778. The summed E-state index contributed by atoms with van der Waals surface area (Å²) in [5.41, 5.74) is 2.10. The molecule has 1 saturated heterocycles. The molecule has 0 bridgehead atoms. The number of likely N-dealkylation sites (N-methyl/N-ethyl adjacent to an activating group) is 1. The highest BCUT2D eigenvalue weighted by Gasteiger charge is 2.48. The smallest absolute Gasteiger partial charge is 0.211 e. The summed E-state index contributed by atoms with van der Waals surface area (Å²) in [5.74, 6) is 6.77. The van der Waals surface area contributed by atoms with Crippen molar-refractivity contribution in [1.82, 2.24) is 9.21 Å². The molecule has 1 aliphatic rings. The van der Waals surface area contributed by atoms with Crippen LogP contribution in [0.4, 0.5) is 0 Å². The molecule has 0 aromatic heterocycles. The summed E-state index contributed by atoms with van der Waals surface area (Å²) in [6.07, 6.45) is 2.20. The lowest BCUT2D eigenvalue weighted by atomic mass is 9.75. The zero-order chi connectivity index (χ0) is 20.2. The van der Waals surface area contributed by atoms with Crippen LogP contribution in [-0.2, 0) is 10.0 Å². The summed E-state index contributed by atoms with van der Waals surface area (Å²) in [4.78, 5) is 2.23. The molecule has 2 rings (SSSR count). The second kappa shape index (κ2) is 9.20. The van der Waals surface area contributed by atoms with Crippen LogP contribution < -0.4 is 0 Å². The third-order valence-electron chi connectivity index (χ3n) is 5.16. The van der Waals surface area contributed by atoms with E-state index < -0.39 is 10.0 Å². The fourth-order valence-corrected chi connectivity index (χ4v) is 4.12. The van der Waals surface area contributed by atoms with Gasteiger partial charge in [0, 0.05) is 43.1 Å². The van der Waals surface area contributed by atoms with Crippen molar-refractivity contribution in [2.45, 2.75) is 45.2 Å². The molecule has 1 aromatic carbocycles. The van der Waals surface area contributed by atoms with Crippen molar-refractivity contribution < 1.29 is 13.5 Å². The first kappa shape index (κ1) is 21.9. The molecule has 5 nitrogen and oxygen atoms in total. The van der Waals surface area contributed by atoms with Gasteiger partial charge in [-0.3, -0.25) is 4.90 Å². The van der Waals surface area contributed by atoms with Crippen molar-refractivity contribution in [3.8, 4) is 11.8 Å². The molecule has 0 unspecified atom stereocenters. The highest BCUT2D eigenvalue weighted by molar-refractivity contribution is 7.88. The van der Waals surface area contributed by atoms with Gasteiger partial charge in [0.25, 0.3) is 0 Å². The lowest BCUT2D eigenvalue weighted by Crippen LogP contribution is -2.66. The molecule has 1 N–H and O–H groups in total. The van der Waals surface area contributed by atoms with E-state index in [0.29, 0.717) is 12.5 Å². The van der Waals surface area contributed by atoms with Gasteiger partial charge >= 0.3 is 0 Å². The summed E-state index contributed by atoms with van der Waals surface area (Å²) in [7, 11) is -1.62. The lowest BCUT2D eigenvalue weighted by Gasteiger charge is -2.56. The van der Waals surface area contributed by atoms with Crippen molar-refractivity contribution >= 4 is 10.0 Å². The van der Waals surface area contributed by atoms with Crippen LogP contribution in [0.5, 0.6) is 0 Å². The molecule has 0 saturated carbocycles. The van der Waals surface area contributed by atoms with Crippen LogP contribution in [0.3, 0.4) is 0 Å². The molecule has 3 atom stereocenters. The molecule has 0 radical (unpaired) electrons. The highest BCUT2D eigenvalue weighted by atomic mass is 32.2. The monoisotopic (exact) mass is 392 g/mol. The van der Waals surface area contributed by atoms with Gasteiger partial charge < -0.3 is 5.11 Å². The molecule has 1 aromatic rings. The molecular weight excluding hydrogens is 360 g/mol. The summed E-state index contributed by atoms with van der Waals surface area (Å²) < 4.78 is 25.2. The Balaban J connectivity index is 2.26. The molecule has 150 valence electrons. The average molecular weight is 393 g/mol. The van der Waals surface area contributed by atoms with Gasteiger partial charge in [0.15, 0.2) is 0 Å². The topological polar surface area (TPSA) is 60.9 Å². The highest BCUT2D eigenvalue weighted by Crippen LogP contribution is 2.41. The minimum Gasteiger partial charge on any atom is -0.395 e. The number of benzene rings is 1. The van der Waals surface area contributed by atoms with E-state index >= 15 is 0 Å². The number of hydrogen-bond acceptors (Lipinski definition) is 4. The van der Waals surface area contributed by atoms with E-state index in [9.17, 15) is 13.5 Å². The largest absolute Gasteiger partial charge is 0.395 e. The first-order valence-corrected chi connectivity index (χ1v) is 11.4. The predicted octanol–water partition coefficient (Wildman–Crippen LogP) is 2.12. The van der Waals surface area contributed by atoms with Crippen molar-refractivity contribution in [3.05, 3.63) is 35.4 Å². The fraction of sp³-hybridized carbons (Fsp3) is 0.619. The predicted molar refractivity (Wildman–Crippen MR) is 110 cm³/mol. The Morgan fingerprint density at radius 3 is 2.33 bits per heavy atom. The number of aliphatic hydroxyl groups excluding tert-OH is 1. The Morgan fingerprint density at radius 1 is 1.22 bits per heavy atom. The van der Waals surface area contributed by atoms with E-state index in [4.69, 9.17) is 0 Å². The van der Waals surface area contributed by atoms with Crippen LogP contribution in [0.1, 0.15) is 44.2 Å². The van der Waals surface area contributed by atoms with Crippen LogP contribution in [0.15, 0.2) is 24.3 Å². The maximum atomic E-state index is 11.9. The van der Waals surface area contributed by atoms with Gasteiger partial charge in [-0.15, -0.1) is 0 Å². The maximum Gasteiger partial charge on any atom is 0.211 e. The number of hydrogen-bond donors (Lipinski definition) is 1. The number of aliphatic hydroxyl groups is 1. The number of likely N-dealkylation sites (tertiary alicyclic amines) is 1. The molecule has 1 aliphatic heterocycles. The first-order chi connectivity index (χ1) is 12.7. The van der Waals surface area contributed by atoms with Crippen molar-refractivity contribution in [2.75, 3.05) is 33.0 Å². The standard InChI is InChI=1S/C21H32N2O3S/c1-6-13-23-19(14-22(4)27(5,25)26)21(20(23)15-24)18-11-9-17(10-12-18)8-7-16(2)3/h9-12,16,19-21,24H,6,13-15H2,1-5H3/t19-,20+,21+/m0/s1. The zero-order valence-electron chi connectivity index (χ0n) is 17.0. The summed E-state index contributed by atoms with van der Waals surface area (Å²) >= 11 is 0. The van der Waals surface area contributed by atoms with E-state index in [0.717, 1.165) is 24.1 Å². The molecule has 1 fully saturated rings. The SMILES string of the molecule is CCCN1[C@H](CO)[C@H](c2ccc(C#CC(C)C)cc2)[C@@H]1CN(C)S(C)(=O)=O. The molecule has 0 aliphatic carbocycles. The number of sulfonamides is 1. The van der Waals surface area contributed by atoms with Gasteiger partial charge in [-0.2, -0.15) is 0 Å². The third-order valence-corrected chi connectivity index (χ3v) is 6.44. The van der Waals surface area contributed by atoms with Gasteiger partial charge in [0.1, 0.15) is 0 Å². The van der Waals surface area contributed by atoms with Crippen LogP contribution >= 0.6 is 0 Å². The Labute approximate surface area is 164 Å². The minimum atomic E-state index is -3.24. The minimum absolute atomic E-state index is 0.0236. The van der Waals surface area contributed by atoms with Gasteiger partial charge in [-0.1, -0.05) is 44.7 Å².